The van der Waals surface area contributed by atoms with Crippen molar-refractivity contribution in [1.29, 1.82) is 0 Å². The maximum Gasteiger partial charge on any atom is 0.434 e. The first kappa shape index (κ1) is 16.2. The highest BCUT2D eigenvalue weighted by Crippen LogP contribution is 2.30. The average molecular weight is 336 g/mol. The second-order valence-corrected chi connectivity index (χ2v) is 5.49. The standard InChI is InChI=1S/C16H15F3N4O/c17-16(18,19)14-12(4-3-8-21-14)15(24)22-11-6-9-23(10-11)13-5-1-2-7-20-13/h1-5,7-8,11H,6,9-10H2,(H,22,24). The lowest BCUT2D eigenvalue weighted by Gasteiger charge is -2.18. The molecule has 1 N–H and O–H groups in total. The first-order valence-corrected chi connectivity index (χ1v) is 7.44. The van der Waals surface area contributed by atoms with E-state index in [0.717, 1.165) is 18.1 Å². The number of halogens is 3. The largest absolute Gasteiger partial charge is 0.434 e. The highest BCUT2D eigenvalue weighted by Gasteiger charge is 2.37. The molecule has 8 heteroatoms. The molecule has 1 amide bonds. The molecule has 1 atom stereocenters. The quantitative estimate of drug-likeness (QED) is 0.936. The van der Waals surface area contributed by atoms with Crippen molar-refractivity contribution in [3.05, 3.63) is 54.0 Å². The number of nitrogens with zero attached hydrogens (tertiary/aromatic N) is 3. The number of nitrogens with one attached hydrogen (secondary N) is 1. The van der Waals surface area contributed by atoms with Gasteiger partial charge in [-0.1, -0.05) is 6.07 Å². The van der Waals surface area contributed by atoms with Crippen LogP contribution in [0.2, 0.25) is 0 Å². The van der Waals surface area contributed by atoms with Crippen molar-refractivity contribution in [3.8, 4) is 0 Å². The van der Waals surface area contributed by atoms with E-state index in [1.807, 2.05) is 17.0 Å². The van der Waals surface area contributed by atoms with Crippen LogP contribution in [0.1, 0.15) is 22.5 Å². The van der Waals surface area contributed by atoms with E-state index in [9.17, 15) is 18.0 Å². The summed E-state index contributed by atoms with van der Waals surface area (Å²) < 4.78 is 38.8. The number of hydrogen-bond donors (Lipinski definition) is 1. The molecule has 1 saturated heterocycles. The third-order valence-corrected chi connectivity index (χ3v) is 3.82. The molecular weight excluding hydrogens is 321 g/mol. The molecule has 2 aromatic rings. The Morgan fingerprint density at radius 3 is 2.67 bits per heavy atom. The van der Waals surface area contributed by atoms with Gasteiger partial charge in [0.2, 0.25) is 0 Å². The lowest BCUT2D eigenvalue weighted by Crippen LogP contribution is -2.38. The first-order valence-electron chi connectivity index (χ1n) is 7.44. The number of rotatable bonds is 3. The van der Waals surface area contributed by atoms with Gasteiger partial charge in [-0.15, -0.1) is 0 Å². The normalized spacial score (nSPS) is 17.8. The van der Waals surface area contributed by atoms with Crippen molar-refractivity contribution >= 4 is 11.7 Å². The summed E-state index contributed by atoms with van der Waals surface area (Å²) >= 11 is 0. The molecule has 0 aliphatic carbocycles. The molecule has 5 nitrogen and oxygen atoms in total. The summed E-state index contributed by atoms with van der Waals surface area (Å²) in [7, 11) is 0. The van der Waals surface area contributed by atoms with E-state index >= 15 is 0 Å². The van der Waals surface area contributed by atoms with Gasteiger partial charge in [-0.2, -0.15) is 13.2 Å². The Morgan fingerprint density at radius 2 is 1.96 bits per heavy atom. The van der Waals surface area contributed by atoms with Crippen LogP contribution in [-0.4, -0.2) is 35.0 Å². The van der Waals surface area contributed by atoms with Crippen LogP contribution in [0.5, 0.6) is 0 Å². The molecule has 1 aliphatic heterocycles. The lowest BCUT2D eigenvalue weighted by atomic mass is 10.1. The molecule has 1 aliphatic rings. The summed E-state index contributed by atoms with van der Waals surface area (Å²) in [5, 5.41) is 2.66. The molecule has 1 unspecified atom stereocenters. The highest BCUT2D eigenvalue weighted by atomic mass is 19.4. The molecule has 0 aromatic carbocycles. The Labute approximate surface area is 136 Å². The Balaban J connectivity index is 1.69. The Morgan fingerprint density at radius 1 is 1.17 bits per heavy atom. The number of amides is 1. The Bertz CT molecular complexity index is 721. The third-order valence-electron chi connectivity index (χ3n) is 3.82. The van der Waals surface area contributed by atoms with Crippen LogP contribution in [0.3, 0.4) is 0 Å². The van der Waals surface area contributed by atoms with E-state index < -0.39 is 23.3 Å². The van der Waals surface area contributed by atoms with Gasteiger partial charge >= 0.3 is 6.18 Å². The van der Waals surface area contributed by atoms with Gasteiger partial charge in [0.1, 0.15) is 5.82 Å². The fourth-order valence-electron chi connectivity index (χ4n) is 2.70. The van der Waals surface area contributed by atoms with Gasteiger partial charge in [-0.05, 0) is 30.7 Å². The Kier molecular flexibility index (Phi) is 4.37. The minimum Gasteiger partial charge on any atom is -0.354 e. The molecule has 126 valence electrons. The number of hydrogen-bond acceptors (Lipinski definition) is 4. The first-order chi connectivity index (χ1) is 11.4. The lowest BCUT2D eigenvalue weighted by molar-refractivity contribution is -0.141. The van der Waals surface area contributed by atoms with E-state index in [2.05, 4.69) is 15.3 Å². The van der Waals surface area contributed by atoms with Gasteiger partial charge in [-0.3, -0.25) is 9.78 Å². The summed E-state index contributed by atoms with van der Waals surface area (Å²) in [6, 6.07) is 7.74. The number of carbonyl (C=O) groups excluding carboxylic acids is 1. The number of alkyl halides is 3. The van der Waals surface area contributed by atoms with Gasteiger partial charge in [0.25, 0.3) is 5.91 Å². The van der Waals surface area contributed by atoms with Gasteiger partial charge < -0.3 is 10.2 Å². The minimum absolute atomic E-state index is 0.235. The summed E-state index contributed by atoms with van der Waals surface area (Å²) in [6.45, 7) is 1.19. The number of anilines is 1. The Hall–Kier alpha value is -2.64. The predicted molar refractivity (Wildman–Crippen MR) is 81.6 cm³/mol. The highest BCUT2D eigenvalue weighted by molar-refractivity contribution is 5.95. The van der Waals surface area contributed by atoms with E-state index in [0.29, 0.717) is 19.5 Å². The zero-order valence-electron chi connectivity index (χ0n) is 12.6. The van der Waals surface area contributed by atoms with E-state index in [1.165, 1.54) is 6.07 Å². The monoisotopic (exact) mass is 336 g/mol. The van der Waals surface area contributed by atoms with Gasteiger partial charge in [0.05, 0.1) is 5.56 Å². The molecule has 2 aromatic heterocycles. The van der Waals surface area contributed by atoms with Crippen LogP contribution in [0.15, 0.2) is 42.7 Å². The maximum absolute atomic E-state index is 12.9. The van der Waals surface area contributed by atoms with Crippen molar-refractivity contribution < 1.29 is 18.0 Å². The van der Waals surface area contributed by atoms with Gasteiger partial charge in [0, 0.05) is 31.5 Å². The van der Waals surface area contributed by atoms with Gasteiger partial charge in [0.15, 0.2) is 5.69 Å². The number of carbonyl (C=O) groups is 1. The molecule has 1 fully saturated rings. The van der Waals surface area contributed by atoms with Crippen molar-refractivity contribution in [3.63, 3.8) is 0 Å². The fourth-order valence-corrected chi connectivity index (χ4v) is 2.70. The van der Waals surface area contributed by atoms with Crippen molar-refractivity contribution in [1.82, 2.24) is 15.3 Å². The van der Waals surface area contributed by atoms with Crippen molar-refractivity contribution in [2.75, 3.05) is 18.0 Å². The topological polar surface area (TPSA) is 58.1 Å². The van der Waals surface area contributed by atoms with Crippen LogP contribution < -0.4 is 10.2 Å². The molecule has 0 saturated carbocycles. The third kappa shape index (κ3) is 3.47. The molecule has 0 spiro atoms. The number of aromatic nitrogens is 2. The summed E-state index contributed by atoms with van der Waals surface area (Å²) in [5.41, 5.74) is -1.62. The molecule has 0 radical (unpaired) electrons. The van der Waals surface area contributed by atoms with Crippen molar-refractivity contribution in [2.45, 2.75) is 18.6 Å². The van der Waals surface area contributed by atoms with E-state index in [4.69, 9.17) is 0 Å². The smallest absolute Gasteiger partial charge is 0.354 e. The summed E-state index contributed by atoms with van der Waals surface area (Å²) in [6.07, 6.45) is -1.32. The van der Waals surface area contributed by atoms with E-state index in [-0.39, 0.29) is 6.04 Å². The zero-order chi connectivity index (χ0) is 17.2. The van der Waals surface area contributed by atoms with Crippen LogP contribution in [-0.2, 0) is 6.18 Å². The molecule has 3 rings (SSSR count). The van der Waals surface area contributed by atoms with Crippen LogP contribution >= 0.6 is 0 Å². The predicted octanol–water partition coefficient (Wildman–Crippen LogP) is 2.50. The van der Waals surface area contributed by atoms with Crippen LogP contribution in [0.25, 0.3) is 0 Å². The van der Waals surface area contributed by atoms with Crippen LogP contribution in [0, 0.1) is 0 Å². The SMILES string of the molecule is O=C(NC1CCN(c2ccccn2)C1)c1cccnc1C(F)(F)F. The molecule has 24 heavy (non-hydrogen) atoms. The summed E-state index contributed by atoms with van der Waals surface area (Å²) in [5.74, 6) is 0.0231. The average Bonchev–Trinajstić information content (AvgIpc) is 3.03. The second-order valence-electron chi connectivity index (χ2n) is 5.49. The maximum atomic E-state index is 12.9. The van der Waals surface area contributed by atoms with Crippen molar-refractivity contribution in [2.24, 2.45) is 0 Å². The van der Waals surface area contributed by atoms with Gasteiger partial charge in [-0.25, -0.2) is 4.98 Å². The minimum atomic E-state index is -4.66. The molecule has 3 heterocycles. The fraction of sp³-hybridized carbons (Fsp3) is 0.312. The van der Waals surface area contributed by atoms with Crippen LogP contribution in [0.4, 0.5) is 19.0 Å². The molecular formula is C16H15F3N4O. The second kappa shape index (κ2) is 6.46. The zero-order valence-corrected chi connectivity index (χ0v) is 12.6. The molecule has 0 bridgehead atoms. The van der Waals surface area contributed by atoms with E-state index in [1.54, 1.807) is 12.3 Å². The number of pyridine rings is 2. The summed E-state index contributed by atoms with van der Waals surface area (Å²) in [4.78, 5) is 21.7.